The Kier molecular flexibility index (Phi) is 6.89. The zero-order valence-corrected chi connectivity index (χ0v) is 16.0. The van der Waals surface area contributed by atoms with Crippen LogP contribution in [0.2, 0.25) is 0 Å². The third-order valence-electron chi connectivity index (χ3n) is 3.61. The topological polar surface area (TPSA) is 108 Å². The molecule has 0 atom stereocenters. The van der Waals surface area contributed by atoms with Crippen molar-refractivity contribution < 1.29 is 18.0 Å². The fraction of sp³-hybridized carbons (Fsp3) is 0.278. The number of nitrogens with one attached hydrogen (secondary N) is 2. The summed E-state index contributed by atoms with van der Waals surface area (Å²) in [5.41, 5.74) is 1.70. The van der Waals surface area contributed by atoms with Gasteiger partial charge in [0.15, 0.2) is 0 Å². The Morgan fingerprint density at radius 3 is 2.37 bits per heavy atom. The Morgan fingerprint density at radius 1 is 1.11 bits per heavy atom. The first kappa shape index (κ1) is 20.4. The van der Waals surface area contributed by atoms with Gasteiger partial charge in [0, 0.05) is 31.8 Å². The number of hydrogen-bond donors (Lipinski definition) is 2. The standard InChI is InChI=1S/C18H22N4O4S/c1-14(23)21-15-6-8-17(9-7-15)22(27(2,25)26)12-10-18(24)20-13-16-5-3-4-11-19-16/h3-9,11H,10,12-13H2,1-2H3,(H,20,24)(H,21,23). The molecule has 0 radical (unpaired) electrons. The highest BCUT2D eigenvalue weighted by Gasteiger charge is 2.18. The minimum Gasteiger partial charge on any atom is -0.350 e. The molecule has 1 aromatic carbocycles. The highest BCUT2D eigenvalue weighted by molar-refractivity contribution is 7.92. The summed E-state index contributed by atoms with van der Waals surface area (Å²) in [5, 5.41) is 5.33. The van der Waals surface area contributed by atoms with Crippen LogP contribution in [0.15, 0.2) is 48.7 Å². The van der Waals surface area contributed by atoms with Crippen molar-refractivity contribution in [2.75, 3.05) is 22.4 Å². The Labute approximate surface area is 158 Å². The first-order valence-electron chi connectivity index (χ1n) is 8.27. The lowest BCUT2D eigenvalue weighted by Gasteiger charge is -2.22. The zero-order chi connectivity index (χ0) is 19.9. The molecular formula is C18H22N4O4S. The van der Waals surface area contributed by atoms with E-state index in [9.17, 15) is 18.0 Å². The third-order valence-corrected chi connectivity index (χ3v) is 4.80. The van der Waals surface area contributed by atoms with Crippen LogP contribution in [0.1, 0.15) is 19.0 Å². The molecule has 0 aliphatic carbocycles. The quantitative estimate of drug-likeness (QED) is 0.710. The average Bonchev–Trinajstić information content (AvgIpc) is 2.61. The van der Waals surface area contributed by atoms with Crippen molar-refractivity contribution in [3.05, 3.63) is 54.4 Å². The van der Waals surface area contributed by atoms with E-state index >= 15 is 0 Å². The maximum Gasteiger partial charge on any atom is 0.232 e. The first-order chi connectivity index (χ1) is 12.8. The molecule has 27 heavy (non-hydrogen) atoms. The van der Waals surface area contributed by atoms with Crippen LogP contribution >= 0.6 is 0 Å². The maximum atomic E-state index is 12.1. The number of amides is 2. The molecule has 2 rings (SSSR count). The van der Waals surface area contributed by atoms with E-state index in [0.29, 0.717) is 11.4 Å². The van der Waals surface area contributed by atoms with Crippen molar-refractivity contribution in [1.29, 1.82) is 0 Å². The van der Waals surface area contributed by atoms with Crippen LogP contribution in [0.5, 0.6) is 0 Å². The van der Waals surface area contributed by atoms with E-state index in [1.54, 1.807) is 42.6 Å². The van der Waals surface area contributed by atoms with Crippen LogP contribution in [0.25, 0.3) is 0 Å². The number of carbonyl (C=O) groups excluding carboxylic acids is 2. The van der Waals surface area contributed by atoms with Gasteiger partial charge < -0.3 is 10.6 Å². The van der Waals surface area contributed by atoms with Crippen LogP contribution in [-0.4, -0.2) is 38.0 Å². The SMILES string of the molecule is CC(=O)Nc1ccc(N(CCC(=O)NCc2ccccn2)S(C)(=O)=O)cc1. The number of pyridine rings is 1. The van der Waals surface area contributed by atoms with Crippen LogP contribution in [0, 0.1) is 0 Å². The van der Waals surface area contributed by atoms with Gasteiger partial charge >= 0.3 is 0 Å². The molecule has 0 saturated carbocycles. The van der Waals surface area contributed by atoms with Crippen LogP contribution in [-0.2, 0) is 26.2 Å². The second-order valence-corrected chi connectivity index (χ2v) is 7.82. The third kappa shape index (κ3) is 6.70. The van der Waals surface area contributed by atoms with Crippen molar-refractivity contribution >= 4 is 33.2 Å². The molecule has 0 saturated heterocycles. The number of rotatable bonds is 8. The van der Waals surface area contributed by atoms with Gasteiger partial charge in [-0.15, -0.1) is 0 Å². The summed E-state index contributed by atoms with van der Waals surface area (Å²) >= 11 is 0. The van der Waals surface area contributed by atoms with E-state index in [-0.39, 0.29) is 31.3 Å². The van der Waals surface area contributed by atoms with Gasteiger partial charge in [-0.2, -0.15) is 0 Å². The number of nitrogens with zero attached hydrogens (tertiary/aromatic N) is 2. The van der Waals surface area contributed by atoms with Gasteiger partial charge in [-0.1, -0.05) is 6.07 Å². The summed E-state index contributed by atoms with van der Waals surface area (Å²) in [5.74, 6) is -0.489. The Morgan fingerprint density at radius 2 is 1.81 bits per heavy atom. The van der Waals surface area contributed by atoms with Gasteiger partial charge in [0.2, 0.25) is 21.8 Å². The van der Waals surface area contributed by atoms with E-state index in [2.05, 4.69) is 15.6 Å². The maximum absolute atomic E-state index is 12.1. The number of anilines is 2. The zero-order valence-electron chi connectivity index (χ0n) is 15.2. The first-order valence-corrected chi connectivity index (χ1v) is 10.1. The van der Waals surface area contributed by atoms with Gasteiger partial charge in [-0.25, -0.2) is 8.42 Å². The summed E-state index contributed by atoms with van der Waals surface area (Å²) < 4.78 is 25.4. The Balaban J connectivity index is 1.98. The summed E-state index contributed by atoms with van der Waals surface area (Å²) in [6, 6.07) is 11.8. The molecule has 1 heterocycles. The molecule has 0 aliphatic rings. The Hall–Kier alpha value is -2.94. The van der Waals surface area contributed by atoms with Crippen LogP contribution in [0.3, 0.4) is 0 Å². The second kappa shape index (κ2) is 9.13. The molecule has 0 fully saturated rings. The van der Waals surface area contributed by atoms with Crippen LogP contribution in [0.4, 0.5) is 11.4 Å². The van der Waals surface area contributed by atoms with Gasteiger partial charge in [0.25, 0.3) is 0 Å². The lowest BCUT2D eigenvalue weighted by atomic mass is 10.2. The van der Waals surface area contributed by atoms with E-state index in [4.69, 9.17) is 0 Å². The van der Waals surface area contributed by atoms with E-state index < -0.39 is 10.0 Å². The summed E-state index contributed by atoms with van der Waals surface area (Å²) in [4.78, 5) is 27.2. The summed E-state index contributed by atoms with van der Waals surface area (Å²) in [7, 11) is -3.56. The fourth-order valence-corrected chi connectivity index (χ4v) is 3.31. The van der Waals surface area contributed by atoms with Gasteiger partial charge in [-0.05, 0) is 36.4 Å². The van der Waals surface area contributed by atoms with Gasteiger partial charge in [-0.3, -0.25) is 18.9 Å². The molecule has 0 bridgehead atoms. The van der Waals surface area contributed by atoms with E-state index in [1.165, 1.54) is 6.92 Å². The predicted octanol–water partition coefficient (Wildman–Crippen LogP) is 1.51. The highest BCUT2D eigenvalue weighted by atomic mass is 32.2. The van der Waals surface area contributed by atoms with Crippen molar-refractivity contribution in [3.8, 4) is 0 Å². The molecule has 0 aliphatic heterocycles. The monoisotopic (exact) mass is 390 g/mol. The number of carbonyl (C=O) groups is 2. The van der Waals surface area contributed by atoms with Crippen LogP contribution < -0.4 is 14.9 Å². The molecule has 144 valence electrons. The molecule has 2 N–H and O–H groups in total. The second-order valence-electron chi connectivity index (χ2n) is 5.91. The molecule has 8 nitrogen and oxygen atoms in total. The smallest absolute Gasteiger partial charge is 0.232 e. The van der Waals surface area contributed by atoms with E-state index in [0.717, 1.165) is 16.3 Å². The lowest BCUT2D eigenvalue weighted by Crippen LogP contribution is -2.34. The molecule has 0 spiro atoms. The lowest BCUT2D eigenvalue weighted by molar-refractivity contribution is -0.121. The minimum atomic E-state index is -3.56. The largest absolute Gasteiger partial charge is 0.350 e. The average molecular weight is 390 g/mol. The summed E-state index contributed by atoms with van der Waals surface area (Å²) in [6.07, 6.45) is 2.73. The molecular weight excluding hydrogens is 368 g/mol. The predicted molar refractivity (Wildman–Crippen MR) is 104 cm³/mol. The van der Waals surface area contributed by atoms with Gasteiger partial charge in [0.05, 0.1) is 24.2 Å². The fourth-order valence-electron chi connectivity index (χ4n) is 2.38. The highest BCUT2D eigenvalue weighted by Crippen LogP contribution is 2.20. The van der Waals surface area contributed by atoms with Crippen molar-refractivity contribution in [1.82, 2.24) is 10.3 Å². The number of aromatic nitrogens is 1. The number of hydrogen-bond acceptors (Lipinski definition) is 5. The number of benzene rings is 1. The minimum absolute atomic E-state index is 0.00632. The van der Waals surface area contributed by atoms with E-state index in [1.807, 2.05) is 6.07 Å². The molecule has 0 unspecified atom stereocenters. The molecule has 2 aromatic rings. The summed E-state index contributed by atoms with van der Waals surface area (Å²) in [6.45, 7) is 1.68. The molecule has 2 amide bonds. The van der Waals surface area contributed by atoms with Gasteiger partial charge in [0.1, 0.15) is 0 Å². The normalized spacial score (nSPS) is 10.9. The Bertz CT molecular complexity index is 883. The van der Waals surface area contributed by atoms with Crippen molar-refractivity contribution in [3.63, 3.8) is 0 Å². The number of sulfonamides is 1. The molecule has 1 aromatic heterocycles. The van der Waals surface area contributed by atoms with Crippen molar-refractivity contribution in [2.45, 2.75) is 19.9 Å². The molecule has 9 heteroatoms. The van der Waals surface area contributed by atoms with Crippen molar-refractivity contribution in [2.24, 2.45) is 0 Å².